The molecule has 0 amide bonds. The molecule has 1 aromatic rings. The van der Waals surface area contributed by atoms with E-state index in [1.54, 1.807) is 0 Å². The maximum atomic E-state index is 13.3. The summed E-state index contributed by atoms with van der Waals surface area (Å²) >= 11 is 0. The van der Waals surface area contributed by atoms with Gasteiger partial charge in [-0.1, -0.05) is 0 Å². The summed E-state index contributed by atoms with van der Waals surface area (Å²) in [6, 6.07) is 0. The first-order chi connectivity index (χ1) is 8.88. The minimum Gasteiger partial charge on any atom is -0.466 e. The zero-order valence-corrected chi connectivity index (χ0v) is 9.73. The number of hydrogen-bond acceptors (Lipinski definition) is 5. The Balaban J connectivity index is 3.33. The molecule has 0 aliphatic carbocycles. The van der Waals surface area contributed by atoms with Crippen molar-refractivity contribution < 1.29 is 27.6 Å². The topological polar surface area (TPSA) is 82.3 Å². The highest BCUT2D eigenvalue weighted by atomic mass is 19.3. The summed E-state index contributed by atoms with van der Waals surface area (Å²) in [5.41, 5.74) is -2.95. The molecule has 0 unspecified atom stereocenters. The van der Waals surface area contributed by atoms with Crippen LogP contribution in [-0.2, 0) is 16.0 Å². The summed E-state index contributed by atoms with van der Waals surface area (Å²) in [6.07, 6.45) is -3.67. The number of carbonyl (C=O) groups is 1. The number of rotatable bonds is 5. The van der Waals surface area contributed by atoms with Crippen LogP contribution in [0.25, 0.3) is 0 Å². The first-order valence-electron chi connectivity index (χ1n) is 5.13. The predicted molar refractivity (Wildman–Crippen MR) is 56.1 cm³/mol. The predicted octanol–water partition coefficient (Wildman–Crippen LogP) is 2.17. The normalized spacial score (nSPS) is 10.6. The van der Waals surface area contributed by atoms with E-state index in [0.29, 0.717) is 6.20 Å². The van der Waals surface area contributed by atoms with Crippen molar-refractivity contribution in [1.29, 1.82) is 0 Å². The van der Waals surface area contributed by atoms with E-state index in [1.807, 2.05) is 0 Å². The molecule has 0 N–H and O–H groups in total. The van der Waals surface area contributed by atoms with Gasteiger partial charge in [0.1, 0.15) is 5.69 Å². The smallest absolute Gasteiger partial charge is 0.312 e. The number of nitro groups is 1. The van der Waals surface area contributed by atoms with Crippen LogP contribution < -0.4 is 0 Å². The Morgan fingerprint density at radius 1 is 1.58 bits per heavy atom. The molecule has 19 heavy (non-hydrogen) atoms. The maximum Gasteiger partial charge on any atom is 0.312 e. The van der Waals surface area contributed by atoms with Crippen molar-refractivity contribution in [1.82, 2.24) is 4.98 Å². The van der Waals surface area contributed by atoms with Crippen LogP contribution in [0.15, 0.2) is 6.20 Å². The third-order valence-corrected chi connectivity index (χ3v) is 2.15. The van der Waals surface area contributed by atoms with Crippen LogP contribution in [0.1, 0.15) is 24.6 Å². The summed E-state index contributed by atoms with van der Waals surface area (Å²) < 4.78 is 43.1. The van der Waals surface area contributed by atoms with Gasteiger partial charge in [0.05, 0.1) is 29.7 Å². The second kappa shape index (κ2) is 6.12. The number of halogens is 3. The monoisotopic (exact) mass is 278 g/mol. The summed E-state index contributed by atoms with van der Waals surface area (Å²) in [5.74, 6) is -2.35. The molecule has 0 saturated heterocycles. The average Bonchev–Trinajstić information content (AvgIpc) is 2.28. The number of aromatic nitrogens is 1. The molecule has 9 heteroatoms. The van der Waals surface area contributed by atoms with Gasteiger partial charge in [0, 0.05) is 0 Å². The third kappa shape index (κ3) is 3.39. The highest BCUT2D eigenvalue weighted by Crippen LogP contribution is 2.30. The number of nitrogens with zero attached hydrogens (tertiary/aromatic N) is 2. The van der Waals surface area contributed by atoms with Gasteiger partial charge in [0.15, 0.2) is 0 Å². The lowest BCUT2D eigenvalue weighted by Crippen LogP contribution is -2.13. The summed E-state index contributed by atoms with van der Waals surface area (Å²) in [6.45, 7) is 1.45. The van der Waals surface area contributed by atoms with Gasteiger partial charge in [-0.3, -0.25) is 19.9 Å². The molecular weight excluding hydrogens is 269 g/mol. The second-order valence-corrected chi connectivity index (χ2v) is 3.36. The Morgan fingerprint density at radius 2 is 2.21 bits per heavy atom. The fourth-order valence-electron chi connectivity index (χ4n) is 1.45. The Morgan fingerprint density at radius 3 is 2.68 bits per heavy atom. The first-order valence-corrected chi connectivity index (χ1v) is 5.13. The van der Waals surface area contributed by atoms with Crippen LogP contribution in [0.4, 0.5) is 18.9 Å². The van der Waals surface area contributed by atoms with Crippen LogP contribution in [0.5, 0.6) is 0 Å². The molecule has 0 fully saturated rings. The van der Waals surface area contributed by atoms with Crippen molar-refractivity contribution in [3.63, 3.8) is 0 Å². The van der Waals surface area contributed by atoms with E-state index in [9.17, 15) is 28.1 Å². The highest BCUT2D eigenvalue weighted by Gasteiger charge is 2.30. The minimum atomic E-state index is -3.16. The molecule has 6 nitrogen and oxygen atoms in total. The first kappa shape index (κ1) is 14.9. The van der Waals surface area contributed by atoms with E-state index in [-0.39, 0.29) is 6.61 Å². The van der Waals surface area contributed by atoms with Crippen molar-refractivity contribution in [2.75, 3.05) is 6.61 Å². The van der Waals surface area contributed by atoms with Gasteiger partial charge in [-0.2, -0.15) is 4.39 Å². The van der Waals surface area contributed by atoms with Gasteiger partial charge in [-0.05, 0) is 6.92 Å². The van der Waals surface area contributed by atoms with Crippen LogP contribution in [0.2, 0.25) is 0 Å². The van der Waals surface area contributed by atoms with E-state index in [4.69, 9.17) is 0 Å². The number of alkyl halides is 2. The SMILES string of the molecule is CCOC(=O)Cc1c(C(F)F)ncc(F)c1[N+](=O)[O-]. The zero-order valence-electron chi connectivity index (χ0n) is 9.73. The lowest BCUT2D eigenvalue weighted by molar-refractivity contribution is -0.388. The number of esters is 1. The standard InChI is InChI=1S/C10H9F3N2O4/c1-2-19-7(16)3-5-8(10(12)13)14-4-6(11)9(5)15(17)18/h4,10H,2-3H2,1H3. The van der Waals surface area contributed by atoms with Gasteiger partial charge < -0.3 is 4.74 Å². The zero-order chi connectivity index (χ0) is 14.6. The fourth-order valence-corrected chi connectivity index (χ4v) is 1.45. The lowest BCUT2D eigenvalue weighted by atomic mass is 10.1. The van der Waals surface area contributed by atoms with E-state index in [0.717, 1.165) is 0 Å². The Hall–Kier alpha value is -2.19. The molecule has 1 aromatic heterocycles. The van der Waals surface area contributed by atoms with Crippen LogP contribution in [-0.4, -0.2) is 22.5 Å². The molecule has 1 rings (SSSR count). The Labute approximate surface area is 105 Å². The van der Waals surface area contributed by atoms with Crippen LogP contribution >= 0.6 is 0 Å². The molecular formula is C10H9F3N2O4. The van der Waals surface area contributed by atoms with Gasteiger partial charge in [-0.25, -0.2) is 8.78 Å². The second-order valence-electron chi connectivity index (χ2n) is 3.36. The van der Waals surface area contributed by atoms with Gasteiger partial charge in [-0.15, -0.1) is 0 Å². The number of ether oxygens (including phenoxy) is 1. The molecule has 0 aliphatic heterocycles. The Kier molecular flexibility index (Phi) is 4.79. The highest BCUT2D eigenvalue weighted by molar-refractivity contribution is 5.74. The summed E-state index contributed by atoms with van der Waals surface area (Å²) in [7, 11) is 0. The van der Waals surface area contributed by atoms with E-state index < -0.39 is 46.5 Å². The van der Waals surface area contributed by atoms with Crippen LogP contribution in [0, 0.1) is 15.9 Å². The van der Waals surface area contributed by atoms with E-state index >= 15 is 0 Å². The molecule has 0 aliphatic rings. The Bertz CT molecular complexity index is 508. The molecule has 1 heterocycles. The van der Waals surface area contributed by atoms with Crippen molar-refractivity contribution in [3.05, 3.63) is 33.4 Å². The largest absolute Gasteiger partial charge is 0.466 e. The quantitative estimate of drug-likeness (QED) is 0.468. The van der Waals surface area contributed by atoms with E-state index in [2.05, 4.69) is 9.72 Å². The molecule has 0 spiro atoms. The molecule has 0 atom stereocenters. The summed E-state index contributed by atoms with van der Waals surface area (Å²) in [5, 5.41) is 10.7. The molecule has 0 radical (unpaired) electrons. The van der Waals surface area contributed by atoms with E-state index in [1.165, 1.54) is 6.92 Å². The lowest BCUT2D eigenvalue weighted by Gasteiger charge is -2.08. The van der Waals surface area contributed by atoms with Crippen molar-refractivity contribution in [3.8, 4) is 0 Å². The minimum absolute atomic E-state index is 0.0284. The molecule has 104 valence electrons. The van der Waals surface area contributed by atoms with Crippen molar-refractivity contribution >= 4 is 11.7 Å². The van der Waals surface area contributed by atoms with Crippen molar-refractivity contribution in [2.24, 2.45) is 0 Å². The third-order valence-electron chi connectivity index (χ3n) is 2.15. The maximum absolute atomic E-state index is 13.3. The van der Waals surface area contributed by atoms with Gasteiger partial charge in [0.25, 0.3) is 6.43 Å². The van der Waals surface area contributed by atoms with Crippen molar-refractivity contribution in [2.45, 2.75) is 19.8 Å². The van der Waals surface area contributed by atoms with Gasteiger partial charge in [0.2, 0.25) is 5.82 Å². The fraction of sp³-hybridized carbons (Fsp3) is 0.400. The number of hydrogen-bond donors (Lipinski definition) is 0. The number of pyridine rings is 1. The van der Waals surface area contributed by atoms with Crippen LogP contribution in [0.3, 0.4) is 0 Å². The molecule has 0 bridgehead atoms. The van der Waals surface area contributed by atoms with Gasteiger partial charge >= 0.3 is 11.7 Å². The molecule has 0 aromatic carbocycles. The number of carbonyl (C=O) groups excluding carboxylic acids is 1. The summed E-state index contributed by atoms with van der Waals surface area (Å²) in [4.78, 5) is 23.9. The molecule has 0 saturated carbocycles. The average molecular weight is 278 g/mol.